The van der Waals surface area contributed by atoms with E-state index in [0.29, 0.717) is 0 Å². The molecule has 0 aliphatic rings. The van der Waals surface area contributed by atoms with Crippen LogP contribution in [0.3, 0.4) is 0 Å². The number of hydrogen-bond acceptors (Lipinski definition) is 4. The molecule has 68 valence electrons. The zero-order valence-electron chi connectivity index (χ0n) is 6.74. The van der Waals surface area contributed by atoms with E-state index in [1.807, 2.05) is 0 Å². The summed E-state index contributed by atoms with van der Waals surface area (Å²) in [5.74, 6) is -1.84. The molecule has 5 nitrogen and oxygen atoms in total. The highest BCUT2D eigenvalue weighted by atomic mass is 16.5. The number of nitrogens with two attached hydrogens (primary N) is 1. The lowest BCUT2D eigenvalue weighted by Crippen LogP contribution is -2.35. The number of hydrogen-bond donors (Lipinski definition) is 2. The van der Waals surface area contributed by atoms with Crippen LogP contribution in [0.15, 0.2) is 12.2 Å². The second-order valence-electron chi connectivity index (χ2n) is 2.32. The smallest absolute Gasteiger partial charge is 0.333 e. The fourth-order valence-corrected chi connectivity index (χ4v) is 0.360. The van der Waals surface area contributed by atoms with Crippen LogP contribution in [-0.4, -0.2) is 29.7 Å². The van der Waals surface area contributed by atoms with Crippen LogP contribution < -0.4 is 5.73 Å². The number of rotatable bonds is 4. The first kappa shape index (κ1) is 10.6. The van der Waals surface area contributed by atoms with Crippen molar-refractivity contribution in [1.29, 1.82) is 0 Å². The van der Waals surface area contributed by atoms with Gasteiger partial charge in [-0.15, -0.1) is 0 Å². The van der Waals surface area contributed by atoms with Crippen LogP contribution >= 0.6 is 0 Å². The van der Waals surface area contributed by atoms with Gasteiger partial charge in [-0.2, -0.15) is 0 Å². The number of ether oxygens (including phenoxy) is 1. The van der Waals surface area contributed by atoms with Crippen molar-refractivity contribution in [3.63, 3.8) is 0 Å². The number of carbonyl (C=O) groups excluding carboxylic acids is 1. The SMILES string of the molecule is C=C(C)C(=O)OC[C@@H](N)C(=O)O. The lowest BCUT2D eigenvalue weighted by Gasteiger charge is -2.06. The monoisotopic (exact) mass is 173 g/mol. The third kappa shape index (κ3) is 3.72. The van der Waals surface area contributed by atoms with Gasteiger partial charge < -0.3 is 15.6 Å². The van der Waals surface area contributed by atoms with Crippen molar-refractivity contribution in [2.24, 2.45) is 5.73 Å². The van der Waals surface area contributed by atoms with Gasteiger partial charge in [-0.3, -0.25) is 4.79 Å². The molecule has 0 aromatic carbocycles. The minimum Gasteiger partial charge on any atom is -0.480 e. The summed E-state index contributed by atoms with van der Waals surface area (Å²) in [4.78, 5) is 20.8. The van der Waals surface area contributed by atoms with Gasteiger partial charge in [0.15, 0.2) is 0 Å². The quantitative estimate of drug-likeness (QED) is 0.442. The average Bonchev–Trinajstić information content (AvgIpc) is 1.98. The fourth-order valence-electron chi connectivity index (χ4n) is 0.360. The Hall–Kier alpha value is -1.36. The van der Waals surface area contributed by atoms with Crippen LogP contribution in [0.2, 0.25) is 0 Å². The molecule has 0 spiro atoms. The van der Waals surface area contributed by atoms with Gasteiger partial charge in [0.2, 0.25) is 0 Å². The lowest BCUT2D eigenvalue weighted by atomic mass is 10.3. The molecule has 0 unspecified atom stereocenters. The van der Waals surface area contributed by atoms with E-state index in [4.69, 9.17) is 10.8 Å². The van der Waals surface area contributed by atoms with Crippen molar-refractivity contribution < 1.29 is 19.4 Å². The van der Waals surface area contributed by atoms with Crippen LogP contribution in [0.4, 0.5) is 0 Å². The maximum Gasteiger partial charge on any atom is 0.333 e. The molecule has 0 radical (unpaired) electrons. The Balaban J connectivity index is 3.76. The van der Waals surface area contributed by atoms with E-state index in [0.717, 1.165) is 0 Å². The van der Waals surface area contributed by atoms with Gasteiger partial charge >= 0.3 is 11.9 Å². The summed E-state index contributed by atoms with van der Waals surface area (Å²) in [7, 11) is 0. The average molecular weight is 173 g/mol. The molecule has 12 heavy (non-hydrogen) atoms. The largest absolute Gasteiger partial charge is 0.480 e. The molecule has 0 aromatic heterocycles. The molecular formula is C7H11NO4. The third-order valence-corrected chi connectivity index (χ3v) is 1.06. The van der Waals surface area contributed by atoms with E-state index in [-0.39, 0.29) is 12.2 Å². The summed E-state index contributed by atoms with van der Waals surface area (Å²) in [5.41, 5.74) is 5.27. The van der Waals surface area contributed by atoms with Crippen LogP contribution in [0.25, 0.3) is 0 Å². The summed E-state index contributed by atoms with van der Waals surface area (Å²) in [6.45, 7) is 4.45. The van der Waals surface area contributed by atoms with E-state index < -0.39 is 18.0 Å². The van der Waals surface area contributed by atoms with Gasteiger partial charge in [0.25, 0.3) is 0 Å². The lowest BCUT2D eigenvalue weighted by molar-refractivity contribution is -0.144. The second-order valence-corrected chi connectivity index (χ2v) is 2.32. The zero-order valence-corrected chi connectivity index (χ0v) is 6.74. The maximum atomic E-state index is 10.7. The highest BCUT2D eigenvalue weighted by molar-refractivity contribution is 5.87. The van der Waals surface area contributed by atoms with E-state index in [2.05, 4.69) is 11.3 Å². The van der Waals surface area contributed by atoms with Crippen LogP contribution in [0.5, 0.6) is 0 Å². The summed E-state index contributed by atoms with van der Waals surface area (Å²) in [6.07, 6.45) is 0. The number of carboxylic acid groups (broad SMARTS) is 1. The van der Waals surface area contributed by atoms with Crippen molar-refractivity contribution in [2.75, 3.05) is 6.61 Å². The molecule has 3 N–H and O–H groups in total. The Morgan fingerprint density at radius 2 is 2.17 bits per heavy atom. The normalized spacial score (nSPS) is 11.8. The summed E-state index contributed by atoms with van der Waals surface area (Å²) >= 11 is 0. The molecule has 0 aliphatic heterocycles. The number of carbonyl (C=O) groups is 2. The number of esters is 1. The highest BCUT2D eigenvalue weighted by Gasteiger charge is 2.13. The predicted octanol–water partition coefficient (Wildman–Crippen LogP) is -0.482. The summed E-state index contributed by atoms with van der Waals surface area (Å²) in [5, 5.41) is 8.29. The summed E-state index contributed by atoms with van der Waals surface area (Å²) in [6, 6.07) is -1.17. The molecule has 0 saturated heterocycles. The Morgan fingerprint density at radius 1 is 1.67 bits per heavy atom. The molecule has 0 heterocycles. The highest BCUT2D eigenvalue weighted by Crippen LogP contribution is 1.92. The maximum absolute atomic E-state index is 10.7. The Labute approximate surface area is 69.8 Å². The van der Waals surface area contributed by atoms with Gasteiger partial charge in [-0.25, -0.2) is 4.79 Å². The van der Waals surface area contributed by atoms with Crippen molar-refractivity contribution in [2.45, 2.75) is 13.0 Å². The first-order valence-electron chi connectivity index (χ1n) is 3.26. The van der Waals surface area contributed by atoms with Crippen molar-refractivity contribution >= 4 is 11.9 Å². The molecule has 0 fully saturated rings. The molecule has 0 rings (SSSR count). The Bertz CT molecular complexity index is 211. The van der Waals surface area contributed by atoms with Crippen molar-refractivity contribution in [3.8, 4) is 0 Å². The summed E-state index contributed by atoms with van der Waals surface area (Å²) < 4.78 is 4.48. The number of aliphatic carboxylic acids is 1. The second kappa shape index (κ2) is 4.50. The molecule has 1 atom stereocenters. The van der Waals surface area contributed by atoms with E-state index in [1.165, 1.54) is 6.92 Å². The van der Waals surface area contributed by atoms with Gasteiger partial charge in [0.05, 0.1) is 0 Å². The zero-order chi connectivity index (χ0) is 9.72. The number of carboxylic acids is 1. The molecule has 0 amide bonds. The molecule has 0 bridgehead atoms. The fraction of sp³-hybridized carbons (Fsp3) is 0.429. The van der Waals surface area contributed by atoms with Crippen LogP contribution in [-0.2, 0) is 14.3 Å². The van der Waals surface area contributed by atoms with Gasteiger partial charge in [0, 0.05) is 5.57 Å². The Kier molecular flexibility index (Phi) is 3.99. The van der Waals surface area contributed by atoms with Gasteiger partial charge in [-0.1, -0.05) is 6.58 Å². The van der Waals surface area contributed by atoms with Crippen LogP contribution in [0.1, 0.15) is 6.92 Å². The molecule has 5 heteroatoms. The topological polar surface area (TPSA) is 89.6 Å². The van der Waals surface area contributed by atoms with E-state index >= 15 is 0 Å². The molecule has 0 aliphatic carbocycles. The molecular weight excluding hydrogens is 162 g/mol. The Morgan fingerprint density at radius 3 is 2.50 bits per heavy atom. The van der Waals surface area contributed by atoms with Gasteiger partial charge in [0.1, 0.15) is 12.6 Å². The van der Waals surface area contributed by atoms with E-state index in [9.17, 15) is 9.59 Å². The first-order valence-corrected chi connectivity index (χ1v) is 3.26. The first-order chi connectivity index (χ1) is 5.45. The third-order valence-electron chi connectivity index (χ3n) is 1.06. The van der Waals surface area contributed by atoms with Gasteiger partial charge in [-0.05, 0) is 6.92 Å². The molecule has 0 saturated carbocycles. The molecule has 0 aromatic rings. The minimum atomic E-state index is -1.20. The minimum absolute atomic E-state index is 0.215. The van der Waals surface area contributed by atoms with E-state index in [1.54, 1.807) is 0 Å². The van der Waals surface area contributed by atoms with Crippen molar-refractivity contribution in [3.05, 3.63) is 12.2 Å². The predicted molar refractivity (Wildman–Crippen MR) is 41.4 cm³/mol. The van der Waals surface area contributed by atoms with Crippen molar-refractivity contribution in [1.82, 2.24) is 0 Å². The standard InChI is InChI=1S/C7H11NO4/c1-4(2)7(11)12-3-5(8)6(9)10/h5H,1,3,8H2,2H3,(H,9,10)/t5-/m1/s1. The van der Waals surface area contributed by atoms with Crippen LogP contribution in [0, 0.1) is 0 Å².